The highest BCUT2D eigenvalue weighted by Crippen LogP contribution is 2.29. The van der Waals surface area contributed by atoms with Crippen molar-refractivity contribution >= 4 is 17.6 Å². The van der Waals surface area contributed by atoms with Gasteiger partial charge in [-0.1, -0.05) is 0 Å². The molecular formula is C18H20N6O2. The zero-order valence-electron chi connectivity index (χ0n) is 14.3. The molecule has 3 aliphatic rings. The summed E-state index contributed by atoms with van der Waals surface area (Å²) in [5.41, 5.74) is 6.47. The number of pyridine rings is 1. The standard InChI is InChI=1S/C18H20N6O2/c19-16-4-2-13(7-22-16)17(25)24-10-12-1-3-14(24)11-23(9-12)18(26)15-8-20-5-6-21-15/h2,4-8,12,14H,1,3,9-11H2,(H2,19,22)/t12-,14+/m1/s1. The number of amides is 2. The molecule has 2 N–H and O–H groups in total. The molecule has 0 aliphatic carbocycles. The zero-order chi connectivity index (χ0) is 18.1. The topological polar surface area (TPSA) is 105 Å². The molecule has 3 aliphatic heterocycles. The summed E-state index contributed by atoms with van der Waals surface area (Å²) in [5, 5.41) is 0. The van der Waals surface area contributed by atoms with Gasteiger partial charge < -0.3 is 15.5 Å². The van der Waals surface area contributed by atoms with Crippen LogP contribution in [0.2, 0.25) is 0 Å². The SMILES string of the molecule is Nc1ccc(C(=O)N2C[C@@H]3CC[C@H]2CN(C(=O)c2cnccn2)C3)cn1. The summed E-state index contributed by atoms with van der Waals surface area (Å²) in [7, 11) is 0. The number of carbonyl (C=O) groups is 2. The van der Waals surface area contributed by atoms with Crippen molar-refractivity contribution in [3.8, 4) is 0 Å². The third-order valence-electron chi connectivity index (χ3n) is 5.08. The molecule has 2 atom stereocenters. The quantitative estimate of drug-likeness (QED) is 0.858. The normalized spacial score (nSPS) is 22.2. The van der Waals surface area contributed by atoms with Crippen molar-refractivity contribution < 1.29 is 9.59 Å². The molecule has 3 fully saturated rings. The highest BCUT2D eigenvalue weighted by molar-refractivity contribution is 5.95. The maximum absolute atomic E-state index is 12.9. The van der Waals surface area contributed by atoms with Gasteiger partial charge in [0.15, 0.2) is 0 Å². The number of piperidine rings is 1. The van der Waals surface area contributed by atoms with Gasteiger partial charge >= 0.3 is 0 Å². The predicted molar refractivity (Wildman–Crippen MR) is 94.1 cm³/mol. The summed E-state index contributed by atoms with van der Waals surface area (Å²) in [6.07, 6.45) is 7.96. The number of fused-ring (bicyclic) bond motifs is 4. The fourth-order valence-corrected chi connectivity index (χ4v) is 3.77. The van der Waals surface area contributed by atoms with Crippen LogP contribution < -0.4 is 5.73 Å². The van der Waals surface area contributed by atoms with E-state index in [4.69, 9.17) is 5.73 Å². The van der Waals surface area contributed by atoms with Crippen molar-refractivity contribution in [2.24, 2.45) is 5.92 Å². The van der Waals surface area contributed by atoms with E-state index in [-0.39, 0.29) is 23.8 Å². The van der Waals surface area contributed by atoms with Gasteiger partial charge in [0, 0.05) is 44.3 Å². The van der Waals surface area contributed by atoms with Crippen LogP contribution in [0.25, 0.3) is 0 Å². The Hall–Kier alpha value is -3.03. The Kier molecular flexibility index (Phi) is 4.24. The minimum absolute atomic E-state index is 0.000533. The predicted octanol–water partition coefficient (Wildman–Crippen LogP) is 0.831. The first kappa shape index (κ1) is 16.4. The average Bonchev–Trinajstić information content (AvgIpc) is 3.00. The molecule has 8 heteroatoms. The number of nitrogens with two attached hydrogens (primary N) is 1. The molecule has 0 spiro atoms. The molecular weight excluding hydrogens is 332 g/mol. The van der Waals surface area contributed by atoms with Gasteiger partial charge in [0.25, 0.3) is 11.8 Å². The number of hydrogen-bond donors (Lipinski definition) is 1. The van der Waals surface area contributed by atoms with E-state index in [1.807, 2.05) is 4.90 Å². The second-order valence-electron chi connectivity index (χ2n) is 6.83. The van der Waals surface area contributed by atoms with Crippen LogP contribution in [0.3, 0.4) is 0 Å². The van der Waals surface area contributed by atoms with E-state index in [1.165, 1.54) is 18.6 Å². The molecule has 134 valence electrons. The summed E-state index contributed by atoms with van der Waals surface area (Å²) < 4.78 is 0. The van der Waals surface area contributed by atoms with Crippen molar-refractivity contribution in [3.63, 3.8) is 0 Å². The molecule has 2 amide bonds. The van der Waals surface area contributed by atoms with Crippen molar-refractivity contribution in [1.82, 2.24) is 24.8 Å². The van der Waals surface area contributed by atoms with Gasteiger partial charge in [-0.05, 0) is 30.9 Å². The molecule has 2 aromatic rings. The number of nitrogens with zero attached hydrogens (tertiary/aromatic N) is 5. The number of carbonyl (C=O) groups excluding carboxylic acids is 2. The Bertz CT molecular complexity index is 810. The van der Waals surface area contributed by atoms with Gasteiger partial charge in [0.2, 0.25) is 0 Å². The van der Waals surface area contributed by atoms with Crippen LogP contribution in [0.4, 0.5) is 5.82 Å². The minimum Gasteiger partial charge on any atom is -0.384 e. The smallest absolute Gasteiger partial charge is 0.274 e. The fourth-order valence-electron chi connectivity index (χ4n) is 3.77. The van der Waals surface area contributed by atoms with E-state index in [0.29, 0.717) is 36.7 Å². The number of hydrogen-bond acceptors (Lipinski definition) is 6. The molecule has 5 rings (SSSR count). The van der Waals surface area contributed by atoms with E-state index in [2.05, 4.69) is 15.0 Å². The molecule has 3 saturated heterocycles. The first-order chi connectivity index (χ1) is 12.6. The minimum atomic E-state index is -0.126. The van der Waals surface area contributed by atoms with Crippen LogP contribution in [0.5, 0.6) is 0 Å². The van der Waals surface area contributed by atoms with E-state index in [9.17, 15) is 9.59 Å². The Balaban J connectivity index is 1.54. The van der Waals surface area contributed by atoms with Gasteiger partial charge in [0.1, 0.15) is 11.5 Å². The van der Waals surface area contributed by atoms with Gasteiger partial charge in [-0.25, -0.2) is 9.97 Å². The van der Waals surface area contributed by atoms with Crippen molar-refractivity contribution in [1.29, 1.82) is 0 Å². The second kappa shape index (κ2) is 6.70. The molecule has 0 saturated carbocycles. The summed E-state index contributed by atoms with van der Waals surface area (Å²) >= 11 is 0. The molecule has 0 radical (unpaired) electrons. The third kappa shape index (κ3) is 3.10. The zero-order valence-corrected chi connectivity index (χ0v) is 14.3. The maximum atomic E-state index is 12.9. The summed E-state index contributed by atoms with van der Waals surface area (Å²) in [6.45, 7) is 1.80. The largest absolute Gasteiger partial charge is 0.384 e. The van der Waals surface area contributed by atoms with Crippen LogP contribution >= 0.6 is 0 Å². The molecule has 5 heterocycles. The highest BCUT2D eigenvalue weighted by atomic mass is 16.2. The van der Waals surface area contributed by atoms with Crippen molar-refractivity contribution in [3.05, 3.63) is 48.2 Å². The molecule has 0 unspecified atom stereocenters. The molecule has 2 aromatic heterocycles. The van der Waals surface area contributed by atoms with Crippen LogP contribution in [0, 0.1) is 5.92 Å². The first-order valence-corrected chi connectivity index (χ1v) is 8.69. The van der Waals surface area contributed by atoms with Crippen molar-refractivity contribution in [2.45, 2.75) is 18.9 Å². The Labute approximate surface area is 151 Å². The Morgan fingerprint density at radius 3 is 2.62 bits per heavy atom. The summed E-state index contributed by atoms with van der Waals surface area (Å²) in [6, 6.07) is 3.33. The number of rotatable bonds is 2. The third-order valence-corrected chi connectivity index (χ3v) is 5.08. The van der Waals surface area contributed by atoms with Crippen LogP contribution in [0.1, 0.15) is 33.7 Å². The molecule has 8 nitrogen and oxygen atoms in total. The molecule has 0 aromatic carbocycles. The molecule has 2 bridgehead atoms. The van der Waals surface area contributed by atoms with Gasteiger partial charge in [-0.15, -0.1) is 0 Å². The van der Waals surface area contributed by atoms with Crippen LogP contribution in [-0.4, -0.2) is 62.2 Å². The highest BCUT2D eigenvalue weighted by Gasteiger charge is 2.39. The van der Waals surface area contributed by atoms with Crippen molar-refractivity contribution in [2.75, 3.05) is 25.4 Å². The van der Waals surface area contributed by atoms with E-state index in [1.54, 1.807) is 23.2 Å². The van der Waals surface area contributed by atoms with Crippen LogP contribution in [0.15, 0.2) is 36.9 Å². The van der Waals surface area contributed by atoms with Gasteiger partial charge in [0.05, 0.1) is 11.8 Å². The number of nitrogen functional groups attached to an aromatic ring is 1. The second-order valence-corrected chi connectivity index (χ2v) is 6.83. The lowest BCUT2D eigenvalue weighted by atomic mass is 9.94. The van der Waals surface area contributed by atoms with E-state index < -0.39 is 0 Å². The van der Waals surface area contributed by atoms with Gasteiger partial charge in [-0.3, -0.25) is 14.6 Å². The van der Waals surface area contributed by atoms with Crippen LogP contribution in [-0.2, 0) is 0 Å². The van der Waals surface area contributed by atoms with E-state index in [0.717, 1.165) is 12.8 Å². The summed E-state index contributed by atoms with van der Waals surface area (Å²) in [5.74, 6) is 0.471. The lowest BCUT2D eigenvalue weighted by molar-refractivity contribution is 0.0573. The Morgan fingerprint density at radius 1 is 1.00 bits per heavy atom. The lowest BCUT2D eigenvalue weighted by Gasteiger charge is -2.36. The Morgan fingerprint density at radius 2 is 1.88 bits per heavy atom. The van der Waals surface area contributed by atoms with Gasteiger partial charge in [-0.2, -0.15) is 0 Å². The van der Waals surface area contributed by atoms with E-state index >= 15 is 0 Å². The monoisotopic (exact) mass is 352 g/mol. The summed E-state index contributed by atoms with van der Waals surface area (Å²) in [4.78, 5) is 41.5. The fraction of sp³-hybridized carbons (Fsp3) is 0.389. The first-order valence-electron chi connectivity index (χ1n) is 8.69. The maximum Gasteiger partial charge on any atom is 0.274 e. The lowest BCUT2D eigenvalue weighted by Crippen LogP contribution is -2.47. The number of anilines is 1. The number of aromatic nitrogens is 3. The average molecular weight is 352 g/mol. The molecule has 26 heavy (non-hydrogen) atoms.